The number of carbonyl (C=O) groups is 1. The molecule has 4 atom stereocenters. The monoisotopic (exact) mass is 268 g/mol. The Labute approximate surface area is 119 Å². The van der Waals surface area contributed by atoms with Crippen molar-refractivity contribution >= 4 is 17.7 Å². The zero-order valence-electron chi connectivity index (χ0n) is 11.5. The number of carbonyl (C=O) groups excluding carboxylic acids is 1. The Bertz CT molecular complexity index is 547. The summed E-state index contributed by atoms with van der Waals surface area (Å²) >= 11 is 0. The van der Waals surface area contributed by atoms with Gasteiger partial charge in [-0.1, -0.05) is 12.1 Å². The Balaban J connectivity index is 1.34. The lowest BCUT2D eigenvalue weighted by atomic mass is 10.0. The fourth-order valence-electron chi connectivity index (χ4n) is 4.51. The molecule has 2 bridgehead atoms. The summed E-state index contributed by atoms with van der Waals surface area (Å²) in [5.74, 6) is 3.43. The van der Waals surface area contributed by atoms with Crippen LogP contribution in [0, 0.1) is 23.7 Å². The summed E-state index contributed by atoms with van der Waals surface area (Å²) in [6.45, 7) is 0. The maximum Gasteiger partial charge on any atom is 0.244 e. The van der Waals surface area contributed by atoms with Crippen molar-refractivity contribution in [2.45, 2.75) is 25.3 Å². The molecule has 3 nitrogen and oxygen atoms in total. The maximum atomic E-state index is 12.0. The number of fused-ring (bicyclic) bond motifs is 5. The number of benzene rings is 1. The van der Waals surface area contributed by atoms with Gasteiger partial charge in [0, 0.05) is 17.8 Å². The van der Waals surface area contributed by atoms with Crippen LogP contribution >= 0.6 is 0 Å². The molecule has 3 heteroatoms. The Morgan fingerprint density at radius 1 is 1.15 bits per heavy atom. The number of hydrogen-bond acceptors (Lipinski definition) is 2. The number of hydrogen-bond donors (Lipinski definition) is 2. The lowest BCUT2D eigenvalue weighted by Gasteiger charge is -2.08. The van der Waals surface area contributed by atoms with Gasteiger partial charge in [-0.05, 0) is 66.7 Å². The van der Waals surface area contributed by atoms with Crippen molar-refractivity contribution < 1.29 is 4.79 Å². The average Bonchev–Trinajstić information content (AvgIpc) is 2.84. The second-order valence-electron chi connectivity index (χ2n) is 6.52. The van der Waals surface area contributed by atoms with Crippen molar-refractivity contribution in [3.63, 3.8) is 0 Å². The SMILES string of the molecule is Nc1ccc(/C=C/C(=O)NC2C3C4CCC(C4)C23)cc1. The van der Waals surface area contributed by atoms with Crippen molar-refractivity contribution in [1.29, 1.82) is 0 Å². The Morgan fingerprint density at radius 3 is 2.45 bits per heavy atom. The Hall–Kier alpha value is -1.77. The predicted molar refractivity (Wildman–Crippen MR) is 79.6 cm³/mol. The van der Waals surface area contributed by atoms with E-state index in [4.69, 9.17) is 5.73 Å². The van der Waals surface area contributed by atoms with Crippen molar-refractivity contribution in [3.8, 4) is 0 Å². The molecule has 0 aromatic heterocycles. The average molecular weight is 268 g/mol. The summed E-state index contributed by atoms with van der Waals surface area (Å²) in [5.41, 5.74) is 7.39. The van der Waals surface area contributed by atoms with Gasteiger partial charge in [0.1, 0.15) is 0 Å². The van der Waals surface area contributed by atoms with Crippen LogP contribution in [0.1, 0.15) is 24.8 Å². The van der Waals surface area contributed by atoms with E-state index < -0.39 is 0 Å². The van der Waals surface area contributed by atoms with Crippen molar-refractivity contribution in [1.82, 2.24) is 5.32 Å². The third-order valence-electron chi connectivity index (χ3n) is 5.41. The van der Waals surface area contributed by atoms with Gasteiger partial charge in [-0.25, -0.2) is 0 Å². The highest BCUT2D eigenvalue weighted by atomic mass is 16.1. The molecule has 0 radical (unpaired) electrons. The van der Waals surface area contributed by atoms with Gasteiger partial charge in [-0.3, -0.25) is 4.79 Å². The molecule has 1 aromatic carbocycles. The first-order valence-electron chi connectivity index (χ1n) is 7.56. The molecule has 1 amide bonds. The van der Waals surface area contributed by atoms with Crippen LogP contribution in [0.25, 0.3) is 6.08 Å². The molecule has 3 N–H and O–H groups in total. The van der Waals surface area contributed by atoms with Gasteiger partial charge >= 0.3 is 0 Å². The van der Waals surface area contributed by atoms with E-state index in [1.807, 2.05) is 30.3 Å². The molecule has 0 heterocycles. The summed E-state index contributed by atoms with van der Waals surface area (Å²) in [7, 11) is 0. The molecule has 4 rings (SSSR count). The van der Waals surface area contributed by atoms with Gasteiger partial charge in [0.15, 0.2) is 0 Å². The number of amides is 1. The molecule has 3 aliphatic rings. The number of nitrogens with one attached hydrogen (secondary N) is 1. The van der Waals surface area contributed by atoms with Crippen LogP contribution in [0.4, 0.5) is 5.69 Å². The van der Waals surface area contributed by atoms with Gasteiger partial charge in [0.05, 0.1) is 0 Å². The number of nitrogens with two attached hydrogens (primary N) is 1. The highest BCUT2D eigenvalue weighted by Crippen LogP contribution is 2.65. The second kappa shape index (κ2) is 4.37. The van der Waals surface area contributed by atoms with Crippen LogP contribution in [-0.2, 0) is 4.79 Å². The van der Waals surface area contributed by atoms with Crippen LogP contribution in [0.3, 0.4) is 0 Å². The molecule has 20 heavy (non-hydrogen) atoms. The molecular weight excluding hydrogens is 248 g/mol. The van der Waals surface area contributed by atoms with Crippen LogP contribution < -0.4 is 11.1 Å². The molecule has 1 aromatic rings. The minimum atomic E-state index is 0.0422. The van der Waals surface area contributed by atoms with Crippen LogP contribution in [-0.4, -0.2) is 11.9 Å². The molecule has 3 fully saturated rings. The fraction of sp³-hybridized carbons (Fsp3) is 0.471. The summed E-state index contributed by atoms with van der Waals surface area (Å²) in [4.78, 5) is 12.0. The highest BCUT2D eigenvalue weighted by molar-refractivity contribution is 5.92. The lowest BCUT2D eigenvalue weighted by molar-refractivity contribution is -0.116. The summed E-state index contributed by atoms with van der Waals surface area (Å²) in [6, 6.07) is 8.00. The van der Waals surface area contributed by atoms with E-state index in [2.05, 4.69) is 5.32 Å². The summed E-state index contributed by atoms with van der Waals surface area (Å²) < 4.78 is 0. The molecule has 0 spiro atoms. The van der Waals surface area contributed by atoms with E-state index in [0.29, 0.717) is 6.04 Å². The van der Waals surface area contributed by atoms with Crippen LogP contribution in [0.2, 0.25) is 0 Å². The Morgan fingerprint density at radius 2 is 1.80 bits per heavy atom. The number of rotatable bonds is 3. The van der Waals surface area contributed by atoms with Gasteiger partial charge in [0.2, 0.25) is 5.91 Å². The van der Waals surface area contributed by atoms with Crippen molar-refractivity contribution in [3.05, 3.63) is 35.9 Å². The molecule has 0 aliphatic heterocycles. The van der Waals surface area contributed by atoms with Crippen LogP contribution in [0.15, 0.2) is 30.3 Å². The second-order valence-corrected chi connectivity index (χ2v) is 6.52. The third kappa shape index (κ3) is 1.92. The molecular formula is C17H20N2O. The number of nitrogen functional groups attached to an aromatic ring is 1. The van der Waals surface area contributed by atoms with Gasteiger partial charge in [-0.15, -0.1) is 0 Å². The van der Waals surface area contributed by atoms with Crippen molar-refractivity contribution in [2.75, 3.05) is 5.73 Å². The van der Waals surface area contributed by atoms with Gasteiger partial charge in [-0.2, -0.15) is 0 Å². The Kier molecular flexibility index (Phi) is 2.62. The first-order chi connectivity index (χ1) is 9.72. The van der Waals surface area contributed by atoms with E-state index >= 15 is 0 Å². The zero-order valence-corrected chi connectivity index (χ0v) is 11.5. The van der Waals surface area contributed by atoms with E-state index in [1.54, 1.807) is 6.08 Å². The molecule has 0 saturated heterocycles. The van der Waals surface area contributed by atoms with E-state index in [0.717, 1.165) is 34.9 Å². The standard InChI is InChI=1S/C17H20N2O/c18-13-6-1-10(2-7-13)3-8-14(20)19-17-15-11-4-5-12(9-11)16(15)17/h1-3,6-8,11-12,15-17H,4-5,9,18H2,(H,19,20)/b8-3+. The number of anilines is 1. The fourth-order valence-corrected chi connectivity index (χ4v) is 4.51. The van der Waals surface area contributed by atoms with E-state index in [9.17, 15) is 4.79 Å². The minimum Gasteiger partial charge on any atom is -0.399 e. The van der Waals surface area contributed by atoms with E-state index in [-0.39, 0.29) is 5.91 Å². The smallest absolute Gasteiger partial charge is 0.244 e. The van der Waals surface area contributed by atoms with E-state index in [1.165, 1.54) is 19.3 Å². The quantitative estimate of drug-likeness (QED) is 0.653. The molecule has 4 unspecified atom stereocenters. The van der Waals surface area contributed by atoms with Crippen LogP contribution in [0.5, 0.6) is 0 Å². The topological polar surface area (TPSA) is 55.1 Å². The molecule has 104 valence electrons. The highest BCUT2D eigenvalue weighted by Gasteiger charge is 2.65. The third-order valence-corrected chi connectivity index (χ3v) is 5.41. The van der Waals surface area contributed by atoms with Gasteiger partial charge in [0.25, 0.3) is 0 Å². The first kappa shape index (κ1) is 12.0. The van der Waals surface area contributed by atoms with Crippen molar-refractivity contribution in [2.24, 2.45) is 23.7 Å². The largest absolute Gasteiger partial charge is 0.399 e. The lowest BCUT2D eigenvalue weighted by Crippen LogP contribution is -2.28. The maximum absolute atomic E-state index is 12.0. The molecule has 3 saturated carbocycles. The minimum absolute atomic E-state index is 0.0422. The summed E-state index contributed by atoms with van der Waals surface area (Å²) in [5, 5.41) is 3.19. The summed E-state index contributed by atoms with van der Waals surface area (Å²) in [6.07, 6.45) is 7.69. The van der Waals surface area contributed by atoms with Gasteiger partial charge < -0.3 is 11.1 Å². The zero-order chi connectivity index (χ0) is 13.7. The first-order valence-corrected chi connectivity index (χ1v) is 7.56. The molecule has 3 aliphatic carbocycles. The predicted octanol–water partition coefficient (Wildman–Crippen LogP) is 2.44. The normalized spacial score (nSPS) is 37.1.